The molecular formula is C130H74N16. The normalized spacial score (nSPS) is 11.2. The van der Waals surface area contributed by atoms with Gasteiger partial charge in [0.2, 0.25) is 0 Å². The molecule has 0 N–H and O–H groups in total. The van der Waals surface area contributed by atoms with Crippen molar-refractivity contribution in [1.29, 1.82) is 31.6 Å². The summed E-state index contributed by atoms with van der Waals surface area (Å²) < 4.78 is 13.7. The zero-order chi connectivity index (χ0) is 98.2. The number of fused-ring (bicyclic) bond motifs is 18. The van der Waals surface area contributed by atoms with Crippen LogP contribution in [0.25, 0.3) is 237 Å². The smallest absolute Gasteiger partial charge is 0.196 e. The van der Waals surface area contributed by atoms with Crippen LogP contribution in [0.3, 0.4) is 0 Å². The summed E-state index contributed by atoms with van der Waals surface area (Å²) in [6, 6.07) is 165. The zero-order valence-electron chi connectivity index (χ0n) is 77.9. The van der Waals surface area contributed by atoms with E-state index >= 15 is 0 Å². The third-order valence-electron chi connectivity index (χ3n) is 27.7. The quantitative estimate of drug-likeness (QED) is 0.106. The van der Waals surface area contributed by atoms with Crippen LogP contribution in [-0.2, 0) is 0 Å². The number of nitriles is 6. The van der Waals surface area contributed by atoms with Crippen molar-refractivity contribution in [1.82, 2.24) is 42.4 Å². The first-order valence-corrected chi connectivity index (χ1v) is 47.6. The van der Waals surface area contributed by atoms with E-state index in [4.69, 9.17) is 21.5 Å². The van der Waals surface area contributed by atoms with Gasteiger partial charge in [-0.25, -0.2) is 19.8 Å². The van der Waals surface area contributed by atoms with Gasteiger partial charge < -0.3 is 27.4 Å². The van der Waals surface area contributed by atoms with E-state index in [0.717, 1.165) is 211 Å². The van der Waals surface area contributed by atoms with Crippen LogP contribution in [0.2, 0.25) is 0 Å². The van der Waals surface area contributed by atoms with E-state index in [9.17, 15) is 31.6 Å². The van der Waals surface area contributed by atoms with E-state index in [-0.39, 0.29) is 0 Å². The van der Waals surface area contributed by atoms with Gasteiger partial charge in [0.1, 0.15) is 0 Å². The monoisotopic (exact) mass is 1860 g/mol. The van der Waals surface area contributed by atoms with Crippen molar-refractivity contribution < 1.29 is 0 Å². The summed E-state index contributed by atoms with van der Waals surface area (Å²) in [5.41, 5.74) is 33.0. The molecule has 0 amide bonds. The molecule has 16 heteroatoms. The standard InChI is InChI=1S/C44H24N6.2C43H25N5/c1-47-39-12-5-2-11-35(39)40-14-8-13-38(48-40)30-23-31(49-41-15-6-3-9-33(41)34-10-4-7-16-42(34)49)25-32(24-30)50-43-19-17-28(26-45)21-36(43)37-22-29(27-46)18-20-44(37)50;44-26-28-9-7-10-30(21-28)38-14-8-15-39(46-38)31-23-32(47-40-16-4-1-11-34(40)35-12-2-5-17-41(35)47)25-33(24-31)48-42-18-6-3-13-36(42)37-22-29(27-45)19-20-43(37)48;44-26-28-16-19-30(20-17-28)38-11-7-12-39(46-38)31-23-32(47-40-13-4-1-8-34(40)35-9-2-5-14-41(35)47)25-33(24-31)48-42-15-6-3-10-36(42)37-22-29(27-45)18-21-43(37)48/h2-25H;2*1-25H. The fourth-order valence-electron chi connectivity index (χ4n) is 21.2. The van der Waals surface area contributed by atoms with Crippen LogP contribution in [0.1, 0.15) is 33.4 Å². The van der Waals surface area contributed by atoms with Crippen molar-refractivity contribution in [2.75, 3.05) is 0 Å². The number of benzene rings is 18. The summed E-state index contributed by atoms with van der Waals surface area (Å²) in [6.07, 6.45) is 0. The molecular weight excluding hydrogens is 1790 g/mol. The Kier molecular flexibility index (Phi) is 21.2. The van der Waals surface area contributed by atoms with Crippen molar-refractivity contribution in [2.24, 2.45) is 0 Å². The lowest BCUT2D eigenvalue weighted by atomic mass is 10.0. The van der Waals surface area contributed by atoms with Crippen LogP contribution in [0.15, 0.2) is 449 Å². The van der Waals surface area contributed by atoms with Gasteiger partial charge in [0.15, 0.2) is 5.69 Å². The Morgan fingerprint density at radius 2 is 0.397 bits per heavy atom. The molecule has 0 spiro atoms. The van der Waals surface area contributed by atoms with Gasteiger partial charge in [-0.15, -0.1) is 0 Å². The van der Waals surface area contributed by atoms with Gasteiger partial charge >= 0.3 is 0 Å². The Bertz CT molecular complexity index is 10300. The average molecular weight is 1860 g/mol. The molecule has 0 bridgehead atoms. The van der Waals surface area contributed by atoms with E-state index in [1.807, 2.05) is 206 Å². The minimum atomic E-state index is 0.552. The largest absolute Gasteiger partial charge is 0.309 e. The zero-order valence-corrected chi connectivity index (χ0v) is 77.9. The summed E-state index contributed by atoms with van der Waals surface area (Å²) in [7, 11) is 0. The van der Waals surface area contributed by atoms with E-state index in [2.05, 4.69) is 305 Å². The highest BCUT2D eigenvalue weighted by Crippen LogP contribution is 2.46. The van der Waals surface area contributed by atoms with Crippen LogP contribution < -0.4 is 0 Å². The first-order valence-electron chi connectivity index (χ1n) is 47.6. The summed E-state index contributed by atoms with van der Waals surface area (Å²) in [6.45, 7) is 7.74. The first-order chi connectivity index (χ1) is 72.0. The number of hydrogen-bond acceptors (Lipinski definition) is 9. The summed E-state index contributed by atoms with van der Waals surface area (Å²) in [5.74, 6) is 0. The van der Waals surface area contributed by atoms with Crippen LogP contribution in [0.5, 0.6) is 0 Å². The maximum absolute atomic E-state index is 9.77. The molecule has 9 aromatic heterocycles. The minimum Gasteiger partial charge on any atom is -0.309 e. The molecule has 0 radical (unpaired) electrons. The summed E-state index contributed by atoms with van der Waals surface area (Å²) >= 11 is 0. The van der Waals surface area contributed by atoms with Crippen LogP contribution in [-0.4, -0.2) is 42.4 Å². The lowest BCUT2D eigenvalue weighted by molar-refractivity contribution is 1.13. The SMILES string of the molecule is N#Cc1ccc(-c2cccc(-c3cc(-n4c5ccccc5c5ccccc54)cc(-n4c5ccccc5c5cc(C#N)ccc54)c3)n2)cc1.N#Cc1cccc(-c2cccc(-c3cc(-n4c5ccccc5c5ccccc54)cc(-n4c5ccccc5c5cc(C#N)ccc54)c3)n2)c1.[C-]#[N+]c1ccccc1-c1cccc(-c2cc(-n3c4ccccc4c4ccccc43)cc(-n3c4ccc(C#N)cc4c4cc(C#N)ccc43)c2)n1. The van der Waals surface area contributed by atoms with Gasteiger partial charge in [0.05, 0.1) is 177 Å². The second kappa shape index (κ2) is 35.9. The highest BCUT2D eigenvalue weighted by molar-refractivity contribution is 6.16. The highest BCUT2D eigenvalue weighted by atomic mass is 15.0. The highest BCUT2D eigenvalue weighted by Gasteiger charge is 2.26. The Balaban J connectivity index is 0.000000114. The maximum atomic E-state index is 9.77. The lowest BCUT2D eigenvalue weighted by Gasteiger charge is -2.16. The summed E-state index contributed by atoms with van der Waals surface area (Å²) in [4.78, 5) is 19.2. The second-order valence-corrected chi connectivity index (χ2v) is 36.0. The Labute approximate surface area is 836 Å². The lowest BCUT2D eigenvalue weighted by Crippen LogP contribution is -2.01. The van der Waals surface area contributed by atoms with Gasteiger partial charge in [0.25, 0.3) is 0 Å². The molecule has 0 saturated carbocycles. The number of rotatable bonds is 12. The van der Waals surface area contributed by atoms with E-state index in [1.54, 1.807) is 6.07 Å². The van der Waals surface area contributed by atoms with Crippen LogP contribution in [0, 0.1) is 74.6 Å². The minimum absolute atomic E-state index is 0.552. The first kappa shape index (κ1) is 86.2. The van der Waals surface area contributed by atoms with Crippen LogP contribution in [0.4, 0.5) is 5.69 Å². The maximum Gasteiger partial charge on any atom is 0.196 e. The van der Waals surface area contributed by atoms with Gasteiger partial charge in [-0.05, 0) is 237 Å². The predicted molar refractivity (Wildman–Crippen MR) is 586 cm³/mol. The average Bonchev–Trinajstić information content (AvgIpc) is 1.57. The predicted octanol–water partition coefficient (Wildman–Crippen LogP) is 31.6. The third kappa shape index (κ3) is 14.8. The molecule has 0 unspecified atom stereocenters. The Hall–Kier alpha value is -21.4. The second-order valence-electron chi connectivity index (χ2n) is 36.0. The fraction of sp³-hybridized carbons (Fsp3) is 0. The van der Waals surface area contributed by atoms with E-state index < -0.39 is 0 Å². The molecule has 146 heavy (non-hydrogen) atoms. The molecule has 0 aliphatic rings. The molecule has 0 fully saturated rings. The molecule has 16 nitrogen and oxygen atoms in total. The molecule has 0 atom stereocenters. The van der Waals surface area contributed by atoms with Gasteiger partial charge in [-0.2, -0.15) is 31.6 Å². The van der Waals surface area contributed by atoms with Crippen LogP contribution >= 0.6 is 0 Å². The van der Waals surface area contributed by atoms with Gasteiger partial charge in [0, 0.05) is 132 Å². The molecule has 18 aromatic carbocycles. The molecule has 27 rings (SSSR count). The Morgan fingerprint density at radius 1 is 0.171 bits per heavy atom. The van der Waals surface area contributed by atoms with Crippen molar-refractivity contribution >= 4 is 137 Å². The van der Waals surface area contributed by atoms with E-state index in [1.165, 1.54) is 21.5 Å². The van der Waals surface area contributed by atoms with E-state index in [0.29, 0.717) is 39.1 Å². The molecule has 0 aliphatic heterocycles. The van der Waals surface area contributed by atoms with Crippen molar-refractivity contribution in [2.45, 2.75) is 0 Å². The molecule has 9 heterocycles. The Morgan fingerprint density at radius 3 is 0.699 bits per heavy atom. The van der Waals surface area contributed by atoms with Crippen molar-refractivity contribution in [3.05, 3.63) is 494 Å². The summed E-state index contributed by atoms with van der Waals surface area (Å²) in [5, 5.41) is 71.0. The third-order valence-corrected chi connectivity index (χ3v) is 27.7. The molecule has 674 valence electrons. The number of para-hydroxylation sites is 9. The van der Waals surface area contributed by atoms with Gasteiger partial charge in [-0.1, -0.05) is 212 Å². The number of pyridine rings is 3. The fourth-order valence-corrected chi connectivity index (χ4v) is 21.2. The molecule has 27 aromatic rings. The van der Waals surface area contributed by atoms with Crippen molar-refractivity contribution in [3.8, 4) is 138 Å². The van der Waals surface area contributed by atoms with Gasteiger partial charge in [-0.3, -0.25) is 0 Å². The molecule has 0 aliphatic carbocycles. The molecule has 0 saturated heterocycles. The topological polar surface area (TPSA) is 215 Å². The number of hydrogen-bond donors (Lipinski definition) is 0. The number of nitrogens with zero attached hydrogens (tertiary/aromatic N) is 16. The number of aromatic nitrogens is 9. The van der Waals surface area contributed by atoms with Crippen molar-refractivity contribution in [3.63, 3.8) is 0 Å².